The van der Waals surface area contributed by atoms with E-state index in [1.807, 2.05) is 0 Å². The van der Waals surface area contributed by atoms with Crippen molar-refractivity contribution >= 4 is 27.5 Å². The molecule has 1 aromatic carbocycles. The molecule has 20 heavy (non-hydrogen) atoms. The minimum atomic E-state index is 0.237. The Labute approximate surface area is 135 Å². The number of alkyl halides is 1. The van der Waals surface area contributed by atoms with Gasteiger partial charge in [-0.2, -0.15) is 0 Å². The van der Waals surface area contributed by atoms with Gasteiger partial charge in [0.25, 0.3) is 0 Å². The summed E-state index contributed by atoms with van der Waals surface area (Å²) in [6.07, 6.45) is 9.17. The zero-order chi connectivity index (χ0) is 14.0. The van der Waals surface area contributed by atoms with Gasteiger partial charge in [0, 0.05) is 10.4 Å². The second-order valence-electron chi connectivity index (χ2n) is 6.31. The van der Waals surface area contributed by atoms with Crippen molar-refractivity contribution in [2.24, 2.45) is 0 Å². The molecular formula is C17H22BrClO. The molecule has 2 atom stereocenters. The van der Waals surface area contributed by atoms with Crippen molar-refractivity contribution < 1.29 is 4.74 Å². The van der Waals surface area contributed by atoms with Gasteiger partial charge in [-0.15, -0.1) is 11.6 Å². The van der Waals surface area contributed by atoms with Crippen molar-refractivity contribution in [1.29, 1.82) is 0 Å². The quantitative estimate of drug-likeness (QED) is 0.632. The first-order valence-corrected chi connectivity index (χ1v) is 9.03. The maximum absolute atomic E-state index is 6.42. The van der Waals surface area contributed by atoms with Crippen LogP contribution in [0.15, 0.2) is 28.7 Å². The lowest BCUT2D eigenvalue weighted by molar-refractivity contribution is -0.0405. The molecule has 1 aromatic rings. The van der Waals surface area contributed by atoms with E-state index in [9.17, 15) is 0 Å². The van der Waals surface area contributed by atoms with E-state index in [1.54, 1.807) is 0 Å². The van der Waals surface area contributed by atoms with E-state index in [4.69, 9.17) is 16.3 Å². The van der Waals surface area contributed by atoms with E-state index in [0.29, 0.717) is 17.9 Å². The number of hydrogen-bond donors (Lipinski definition) is 0. The fourth-order valence-electron chi connectivity index (χ4n) is 3.79. The molecule has 0 N–H and O–H groups in total. The van der Waals surface area contributed by atoms with Crippen molar-refractivity contribution in [2.75, 3.05) is 5.88 Å². The third kappa shape index (κ3) is 3.23. The summed E-state index contributed by atoms with van der Waals surface area (Å²) in [4.78, 5) is 0. The Hall–Kier alpha value is -0.0500. The van der Waals surface area contributed by atoms with Gasteiger partial charge in [0.15, 0.2) is 0 Å². The van der Waals surface area contributed by atoms with Crippen LogP contribution in [0.5, 0.6) is 0 Å². The first kappa shape index (κ1) is 14.9. The van der Waals surface area contributed by atoms with Gasteiger partial charge in [0.05, 0.1) is 11.7 Å². The first-order valence-electron chi connectivity index (χ1n) is 7.70. The summed E-state index contributed by atoms with van der Waals surface area (Å²) in [5, 5.41) is 0. The Morgan fingerprint density at radius 3 is 2.55 bits per heavy atom. The van der Waals surface area contributed by atoms with Crippen LogP contribution in [0.4, 0.5) is 0 Å². The van der Waals surface area contributed by atoms with Crippen LogP contribution < -0.4 is 0 Å². The molecule has 110 valence electrons. The van der Waals surface area contributed by atoms with Gasteiger partial charge in [0.2, 0.25) is 0 Å². The molecule has 3 rings (SSSR count). The highest BCUT2D eigenvalue weighted by molar-refractivity contribution is 9.10. The molecule has 2 aliphatic rings. The van der Waals surface area contributed by atoms with Crippen LogP contribution in [0.2, 0.25) is 0 Å². The van der Waals surface area contributed by atoms with Crippen molar-refractivity contribution in [3.8, 4) is 0 Å². The van der Waals surface area contributed by atoms with Crippen LogP contribution in [0.1, 0.15) is 56.4 Å². The number of ether oxygens (including phenoxy) is 1. The van der Waals surface area contributed by atoms with Gasteiger partial charge in [-0.3, -0.25) is 0 Å². The van der Waals surface area contributed by atoms with E-state index in [-0.39, 0.29) is 5.60 Å². The molecule has 1 saturated carbocycles. The molecule has 0 amide bonds. The predicted octanol–water partition coefficient (Wildman–Crippen LogP) is 5.65. The van der Waals surface area contributed by atoms with Gasteiger partial charge >= 0.3 is 0 Å². The van der Waals surface area contributed by atoms with Crippen LogP contribution in [0.25, 0.3) is 0 Å². The first-order chi connectivity index (χ1) is 9.71. The van der Waals surface area contributed by atoms with Crippen LogP contribution in [-0.2, 0) is 4.74 Å². The van der Waals surface area contributed by atoms with E-state index in [1.165, 1.54) is 44.1 Å². The van der Waals surface area contributed by atoms with E-state index in [0.717, 1.165) is 10.9 Å². The molecule has 2 unspecified atom stereocenters. The third-order valence-electron chi connectivity index (χ3n) is 4.93. The summed E-state index contributed by atoms with van der Waals surface area (Å²) < 4.78 is 7.54. The third-order valence-corrected chi connectivity index (χ3v) is 5.83. The summed E-state index contributed by atoms with van der Waals surface area (Å²) in [5.41, 5.74) is 1.57. The molecule has 1 aliphatic carbocycles. The number of benzene rings is 1. The van der Waals surface area contributed by atoms with E-state index >= 15 is 0 Å². The summed E-state index contributed by atoms with van der Waals surface area (Å²) >= 11 is 9.69. The van der Waals surface area contributed by atoms with Gasteiger partial charge in [0.1, 0.15) is 0 Å². The minimum absolute atomic E-state index is 0.237. The Morgan fingerprint density at radius 2 is 1.90 bits per heavy atom. The lowest BCUT2D eigenvalue weighted by atomic mass is 9.93. The number of halogens is 2. The molecule has 1 aliphatic heterocycles. The molecule has 1 nitrogen and oxygen atoms in total. The zero-order valence-corrected chi connectivity index (χ0v) is 14.1. The second-order valence-corrected chi connectivity index (χ2v) is 7.53. The zero-order valence-electron chi connectivity index (χ0n) is 11.8. The van der Waals surface area contributed by atoms with Gasteiger partial charge in [-0.05, 0) is 55.7 Å². The lowest BCUT2D eigenvalue weighted by Crippen LogP contribution is -2.25. The van der Waals surface area contributed by atoms with Gasteiger partial charge in [-0.1, -0.05) is 40.9 Å². The highest BCUT2D eigenvalue weighted by atomic mass is 79.9. The smallest absolute Gasteiger partial charge is 0.0687 e. The Morgan fingerprint density at radius 1 is 1.20 bits per heavy atom. The fourth-order valence-corrected chi connectivity index (χ4v) is 4.36. The summed E-state index contributed by atoms with van der Waals surface area (Å²) in [5.74, 6) is 1.08. The van der Waals surface area contributed by atoms with Crippen LogP contribution in [0, 0.1) is 0 Å². The number of hydrogen-bond acceptors (Lipinski definition) is 1. The molecule has 0 aromatic heterocycles. The monoisotopic (exact) mass is 356 g/mol. The molecule has 0 bridgehead atoms. The summed E-state index contributed by atoms with van der Waals surface area (Å²) in [7, 11) is 0. The molecule has 0 radical (unpaired) electrons. The Kier molecular flexibility index (Phi) is 4.74. The van der Waals surface area contributed by atoms with Crippen LogP contribution in [0.3, 0.4) is 0 Å². The number of rotatable bonds is 4. The molecule has 3 heteroatoms. The van der Waals surface area contributed by atoms with E-state index < -0.39 is 0 Å². The van der Waals surface area contributed by atoms with Crippen molar-refractivity contribution in [2.45, 2.75) is 62.6 Å². The summed E-state index contributed by atoms with van der Waals surface area (Å²) in [6, 6.07) is 8.56. The molecule has 1 heterocycles. The summed E-state index contributed by atoms with van der Waals surface area (Å²) in [6.45, 7) is 0. The SMILES string of the molecule is ClCC(CC1CCC2(CCCC2)O1)c1ccc(Br)cc1. The van der Waals surface area contributed by atoms with Crippen LogP contribution >= 0.6 is 27.5 Å². The minimum Gasteiger partial charge on any atom is -0.372 e. The van der Waals surface area contributed by atoms with Crippen LogP contribution in [-0.4, -0.2) is 17.6 Å². The standard InChI is InChI=1S/C17H22BrClO/c18-15-5-3-13(4-6-15)14(12-19)11-16-7-10-17(20-16)8-1-2-9-17/h3-6,14,16H,1-2,7-12H2. The highest BCUT2D eigenvalue weighted by Gasteiger charge is 2.42. The topological polar surface area (TPSA) is 9.23 Å². The average molecular weight is 358 g/mol. The molecule has 1 saturated heterocycles. The normalized spacial score (nSPS) is 26.2. The van der Waals surface area contributed by atoms with Crippen molar-refractivity contribution in [3.05, 3.63) is 34.3 Å². The maximum Gasteiger partial charge on any atom is 0.0687 e. The lowest BCUT2D eigenvalue weighted by Gasteiger charge is -2.25. The highest BCUT2D eigenvalue weighted by Crippen LogP contribution is 2.45. The van der Waals surface area contributed by atoms with Gasteiger partial charge < -0.3 is 4.74 Å². The molecular weight excluding hydrogens is 336 g/mol. The predicted molar refractivity (Wildman–Crippen MR) is 87.5 cm³/mol. The Balaban J connectivity index is 1.62. The second kappa shape index (κ2) is 6.37. The molecule has 2 fully saturated rings. The van der Waals surface area contributed by atoms with Crippen molar-refractivity contribution in [3.63, 3.8) is 0 Å². The average Bonchev–Trinajstić information content (AvgIpc) is 3.08. The maximum atomic E-state index is 6.42. The largest absolute Gasteiger partial charge is 0.372 e. The fraction of sp³-hybridized carbons (Fsp3) is 0.647. The van der Waals surface area contributed by atoms with Gasteiger partial charge in [-0.25, -0.2) is 0 Å². The van der Waals surface area contributed by atoms with E-state index in [2.05, 4.69) is 40.2 Å². The molecule has 1 spiro atoms. The Bertz CT molecular complexity index is 439. The van der Waals surface area contributed by atoms with Crippen molar-refractivity contribution in [1.82, 2.24) is 0 Å².